The third kappa shape index (κ3) is 7.93. The molecule has 0 aliphatic rings. The van der Waals surface area contributed by atoms with Crippen molar-refractivity contribution in [1.82, 2.24) is 5.32 Å². The minimum Gasteiger partial charge on any atom is -0.481 e. The highest BCUT2D eigenvalue weighted by atomic mass is 16.5. The smallest absolute Gasteiger partial charge is 0.306 e. The van der Waals surface area contributed by atoms with Crippen molar-refractivity contribution in [2.24, 2.45) is 0 Å². The van der Waals surface area contributed by atoms with E-state index in [1.165, 1.54) is 7.11 Å². The highest BCUT2D eigenvalue weighted by molar-refractivity contribution is 5.76. The Bertz CT molecular complexity index is 206. The van der Waals surface area contributed by atoms with Gasteiger partial charge >= 0.3 is 5.97 Å². The average Bonchev–Trinajstić information content (AvgIpc) is 2.20. The molecule has 0 saturated heterocycles. The molecule has 2 N–H and O–H groups in total. The number of ether oxygens (including phenoxy) is 1. The zero-order chi connectivity index (χ0) is 11.7. The Hall–Kier alpha value is -1.10. The van der Waals surface area contributed by atoms with Gasteiger partial charge in [-0.2, -0.15) is 0 Å². The van der Waals surface area contributed by atoms with Gasteiger partial charge in [-0.1, -0.05) is 13.3 Å². The number of methoxy groups -OCH3 is 1. The first kappa shape index (κ1) is 13.9. The SMILES string of the molecule is CCCCC(=O)NCC(CC(=O)O)OC. The van der Waals surface area contributed by atoms with Gasteiger partial charge in [0, 0.05) is 20.1 Å². The Morgan fingerprint density at radius 3 is 2.60 bits per heavy atom. The van der Waals surface area contributed by atoms with Crippen molar-refractivity contribution in [1.29, 1.82) is 0 Å². The molecule has 0 aromatic heterocycles. The molecule has 0 saturated carbocycles. The van der Waals surface area contributed by atoms with Crippen molar-refractivity contribution >= 4 is 11.9 Å². The lowest BCUT2D eigenvalue weighted by atomic mass is 10.2. The third-order valence-electron chi connectivity index (χ3n) is 2.02. The van der Waals surface area contributed by atoms with E-state index in [1.54, 1.807) is 0 Å². The Morgan fingerprint density at radius 1 is 1.47 bits per heavy atom. The molecule has 0 fully saturated rings. The lowest BCUT2D eigenvalue weighted by molar-refractivity contribution is -0.140. The minimum absolute atomic E-state index is 0.0516. The molecule has 0 radical (unpaired) electrons. The Kier molecular flexibility index (Phi) is 7.62. The minimum atomic E-state index is -0.926. The summed E-state index contributed by atoms with van der Waals surface area (Å²) in [5.41, 5.74) is 0. The molecule has 1 unspecified atom stereocenters. The van der Waals surface area contributed by atoms with Crippen LogP contribution in [0.2, 0.25) is 0 Å². The van der Waals surface area contributed by atoms with Crippen LogP contribution in [0.15, 0.2) is 0 Å². The number of aliphatic carboxylic acids is 1. The van der Waals surface area contributed by atoms with Crippen molar-refractivity contribution in [3.8, 4) is 0 Å². The van der Waals surface area contributed by atoms with E-state index in [0.717, 1.165) is 12.8 Å². The Balaban J connectivity index is 3.69. The van der Waals surface area contributed by atoms with Crippen molar-refractivity contribution in [2.45, 2.75) is 38.7 Å². The maximum atomic E-state index is 11.2. The molecule has 0 heterocycles. The summed E-state index contributed by atoms with van der Waals surface area (Å²) in [6, 6.07) is 0. The number of nitrogens with one attached hydrogen (secondary N) is 1. The summed E-state index contributed by atoms with van der Waals surface area (Å²) in [7, 11) is 1.44. The first-order chi connectivity index (χ1) is 7.10. The lowest BCUT2D eigenvalue weighted by Crippen LogP contribution is -2.34. The van der Waals surface area contributed by atoms with Gasteiger partial charge in [0.25, 0.3) is 0 Å². The van der Waals surface area contributed by atoms with Crippen LogP contribution in [0.3, 0.4) is 0 Å². The summed E-state index contributed by atoms with van der Waals surface area (Å²) >= 11 is 0. The van der Waals surface area contributed by atoms with Crippen LogP contribution in [0, 0.1) is 0 Å². The van der Waals surface area contributed by atoms with Crippen LogP contribution in [0.5, 0.6) is 0 Å². The lowest BCUT2D eigenvalue weighted by Gasteiger charge is -2.13. The molecule has 1 atom stereocenters. The fraction of sp³-hybridized carbons (Fsp3) is 0.800. The molecule has 1 amide bonds. The van der Waals surface area contributed by atoms with Crippen LogP contribution in [-0.4, -0.2) is 36.7 Å². The number of carboxylic acids is 1. The molecule has 5 heteroatoms. The molecule has 0 spiro atoms. The van der Waals surface area contributed by atoms with Crippen LogP contribution < -0.4 is 5.32 Å². The first-order valence-electron chi connectivity index (χ1n) is 5.11. The van der Waals surface area contributed by atoms with E-state index in [2.05, 4.69) is 5.32 Å². The van der Waals surface area contributed by atoms with Gasteiger partial charge in [0.2, 0.25) is 5.91 Å². The maximum Gasteiger partial charge on any atom is 0.306 e. The van der Waals surface area contributed by atoms with Crippen LogP contribution in [-0.2, 0) is 14.3 Å². The van der Waals surface area contributed by atoms with E-state index < -0.39 is 12.1 Å². The highest BCUT2D eigenvalue weighted by Crippen LogP contribution is 1.97. The largest absolute Gasteiger partial charge is 0.481 e. The van der Waals surface area contributed by atoms with Crippen LogP contribution >= 0.6 is 0 Å². The fourth-order valence-electron chi connectivity index (χ4n) is 1.09. The van der Waals surface area contributed by atoms with Crippen molar-refractivity contribution in [3.63, 3.8) is 0 Å². The maximum absolute atomic E-state index is 11.2. The van der Waals surface area contributed by atoms with Gasteiger partial charge in [-0.25, -0.2) is 0 Å². The predicted octanol–water partition coefficient (Wildman–Crippen LogP) is 0.782. The van der Waals surface area contributed by atoms with Gasteiger partial charge in [-0.15, -0.1) is 0 Å². The summed E-state index contributed by atoms with van der Waals surface area (Å²) in [6.45, 7) is 2.26. The molecule has 0 aromatic carbocycles. The van der Waals surface area contributed by atoms with Crippen LogP contribution in [0.1, 0.15) is 32.6 Å². The monoisotopic (exact) mass is 217 g/mol. The Morgan fingerprint density at radius 2 is 2.13 bits per heavy atom. The van der Waals surface area contributed by atoms with Crippen molar-refractivity contribution < 1.29 is 19.4 Å². The fourth-order valence-corrected chi connectivity index (χ4v) is 1.09. The Labute approximate surface area is 89.8 Å². The van der Waals surface area contributed by atoms with E-state index in [0.29, 0.717) is 6.42 Å². The van der Waals surface area contributed by atoms with E-state index in [9.17, 15) is 9.59 Å². The van der Waals surface area contributed by atoms with E-state index >= 15 is 0 Å². The van der Waals surface area contributed by atoms with Crippen molar-refractivity contribution in [3.05, 3.63) is 0 Å². The summed E-state index contributed by atoms with van der Waals surface area (Å²) in [6.07, 6.45) is 1.76. The highest BCUT2D eigenvalue weighted by Gasteiger charge is 2.12. The molecule has 15 heavy (non-hydrogen) atoms. The normalized spacial score (nSPS) is 12.1. The number of carbonyl (C=O) groups excluding carboxylic acids is 1. The van der Waals surface area contributed by atoms with E-state index in [-0.39, 0.29) is 18.9 Å². The topological polar surface area (TPSA) is 75.6 Å². The number of amides is 1. The quantitative estimate of drug-likeness (QED) is 0.630. The van der Waals surface area contributed by atoms with Gasteiger partial charge in [0.05, 0.1) is 12.5 Å². The molecule has 0 aliphatic heterocycles. The van der Waals surface area contributed by atoms with Gasteiger partial charge in [-0.3, -0.25) is 9.59 Å². The number of carboxylic acid groups (broad SMARTS) is 1. The molecular formula is C10H19NO4. The summed E-state index contributed by atoms with van der Waals surface area (Å²) in [4.78, 5) is 21.6. The van der Waals surface area contributed by atoms with E-state index in [4.69, 9.17) is 9.84 Å². The average molecular weight is 217 g/mol. The predicted molar refractivity (Wildman–Crippen MR) is 55.6 cm³/mol. The van der Waals surface area contributed by atoms with Gasteiger partial charge in [-0.05, 0) is 6.42 Å². The molecule has 0 aliphatic carbocycles. The van der Waals surface area contributed by atoms with Crippen LogP contribution in [0.25, 0.3) is 0 Å². The number of hydrogen-bond donors (Lipinski definition) is 2. The first-order valence-corrected chi connectivity index (χ1v) is 5.11. The second kappa shape index (κ2) is 8.23. The second-order valence-corrected chi connectivity index (χ2v) is 3.36. The van der Waals surface area contributed by atoms with Gasteiger partial charge in [0.15, 0.2) is 0 Å². The molecular weight excluding hydrogens is 198 g/mol. The number of carbonyl (C=O) groups is 2. The standard InChI is InChI=1S/C10H19NO4/c1-3-4-5-9(12)11-7-8(15-2)6-10(13)14/h8H,3-7H2,1-2H3,(H,11,12)(H,13,14). The molecule has 5 nitrogen and oxygen atoms in total. The van der Waals surface area contributed by atoms with Crippen LogP contribution in [0.4, 0.5) is 0 Å². The van der Waals surface area contributed by atoms with Gasteiger partial charge in [0.1, 0.15) is 0 Å². The zero-order valence-electron chi connectivity index (χ0n) is 9.28. The molecule has 88 valence electrons. The molecule has 0 aromatic rings. The number of hydrogen-bond acceptors (Lipinski definition) is 3. The van der Waals surface area contributed by atoms with Gasteiger partial charge < -0.3 is 15.2 Å². The van der Waals surface area contributed by atoms with Crippen molar-refractivity contribution in [2.75, 3.05) is 13.7 Å². The van der Waals surface area contributed by atoms with E-state index in [1.807, 2.05) is 6.92 Å². The number of rotatable bonds is 8. The molecule has 0 rings (SSSR count). The second-order valence-electron chi connectivity index (χ2n) is 3.36. The number of unbranched alkanes of at least 4 members (excludes halogenated alkanes) is 1. The summed E-state index contributed by atoms with van der Waals surface area (Å²) in [5, 5.41) is 11.2. The third-order valence-corrected chi connectivity index (χ3v) is 2.02. The summed E-state index contributed by atoms with van der Waals surface area (Å²) in [5.74, 6) is -0.978. The molecule has 0 bridgehead atoms. The zero-order valence-corrected chi connectivity index (χ0v) is 9.28. The summed E-state index contributed by atoms with van der Waals surface area (Å²) < 4.78 is 4.92.